The van der Waals surface area contributed by atoms with Crippen molar-refractivity contribution in [3.63, 3.8) is 0 Å². The smallest absolute Gasteiger partial charge is 0.250 e. The molecule has 1 aromatic rings. The Balaban J connectivity index is 1.49. The average Bonchev–Trinajstić information content (AvgIpc) is 3.20. The predicted molar refractivity (Wildman–Crippen MR) is 123 cm³/mol. The molecule has 6 nitrogen and oxygen atoms in total. The van der Waals surface area contributed by atoms with Gasteiger partial charge in [-0.1, -0.05) is 50.7 Å². The summed E-state index contributed by atoms with van der Waals surface area (Å²) in [6, 6.07) is 7.78. The molecule has 1 aromatic carbocycles. The van der Waals surface area contributed by atoms with Crippen molar-refractivity contribution >= 4 is 35.2 Å². The standard InChI is InChI=1S/C24H33N3O3S/c28-21(25-18-11-5-1-2-6-12-18)17-27-19-13-7-8-14-20(19)31-22(24(27)30)23(29)26-15-9-3-4-10-16-26/h7-8,13-14,18,22H,1-6,9-12,15-17H2,(H,25,28)/t22-/m0/s1. The van der Waals surface area contributed by atoms with Crippen LogP contribution in [-0.2, 0) is 14.4 Å². The van der Waals surface area contributed by atoms with E-state index in [0.717, 1.165) is 61.9 Å². The van der Waals surface area contributed by atoms with Crippen molar-refractivity contribution in [2.24, 2.45) is 0 Å². The van der Waals surface area contributed by atoms with E-state index in [-0.39, 0.29) is 30.3 Å². The molecule has 1 aliphatic carbocycles. The number of thioether (sulfide) groups is 1. The lowest BCUT2D eigenvalue weighted by Crippen LogP contribution is -2.53. The van der Waals surface area contributed by atoms with Gasteiger partial charge in [-0.3, -0.25) is 14.4 Å². The van der Waals surface area contributed by atoms with Gasteiger partial charge in [0.1, 0.15) is 6.54 Å². The summed E-state index contributed by atoms with van der Waals surface area (Å²) in [5.74, 6) is -0.516. The van der Waals surface area contributed by atoms with Crippen LogP contribution in [0.15, 0.2) is 29.2 Å². The number of rotatable bonds is 4. The molecule has 1 N–H and O–H groups in total. The first-order chi connectivity index (χ1) is 15.1. The normalized spacial score (nSPS) is 23.0. The Morgan fingerprint density at radius 3 is 2.29 bits per heavy atom. The summed E-state index contributed by atoms with van der Waals surface area (Å²) in [7, 11) is 0. The Kier molecular flexibility index (Phi) is 7.54. The molecular formula is C24H33N3O3S. The molecule has 31 heavy (non-hydrogen) atoms. The minimum Gasteiger partial charge on any atom is -0.352 e. The second-order valence-electron chi connectivity index (χ2n) is 8.89. The lowest BCUT2D eigenvalue weighted by atomic mass is 10.1. The highest BCUT2D eigenvalue weighted by molar-refractivity contribution is 8.01. The van der Waals surface area contributed by atoms with Crippen molar-refractivity contribution in [3.05, 3.63) is 24.3 Å². The lowest BCUT2D eigenvalue weighted by molar-refractivity contribution is -0.135. The summed E-state index contributed by atoms with van der Waals surface area (Å²) < 4.78 is 0. The number of likely N-dealkylation sites (tertiary alicyclic amines) is 1. The van der Waals surface area contributed by atoms with Gasteiger partial charge in [0.05, 0.1) is 5.69 Å². The van der Waals surface area contributed by atoms with Crippen LogP contribution in [0, 0.1) is 0 Å². The fraction of sp³-hybridized carbons (Fsp3) is 0.625. The van der Waals surface area contributed by atoms with Crippen molar-refractivity contribution in [2.45, 2.75) is 80.4 Å². The highest BCUT2D eigenvalue weighted by atomic mass is 32.2. The lowest BCUT2D eigenvalue weighted by Gasteiger charge is -2.35. The van der Waals surface area contributed by atoms with Gasteiger partial charge in [-0.05, 0) is 37.8 Å². The molecule has 2 heterocycles. The van der Waals surface area contributed by atoms with Gasteiger partial charge in [0, 0.05) is 24.0 Å². The maximum atomic E-state index is 13.4. The van der Waals surface area contributed by atoms with Crippen LogP contribution in [0.3, 0.4) is 0 Å². The van der Waals surface area contributed by atoms with Crippen LogP contribution in [0.5, 0.6) is 0 Å². The number of hydrogen-bond acceptors (Lipinski definition) is 4. The molecule has 0 aromatic heterocycles. The van der Waals surface area contributed by atoms with Crippen LogP contribution in [0.25, 0.3) is 0 Å². The summed E-state index contributed by atoms with van der Waals surface area (Å²) in [6.07, 6.45) is 11.0. The summed E-state index contributed by atoms with van der Waals surface area (Å²) in [6.45, 7) is 1.40. The molecule has 2 fully saturated rings. The minimum atomic E-state index is -0.807. The molecule has 168 valence electrons. The average molecular weight is 444 g/mol. The molecule has 3 aliphatic rings. The van der Waals surface area contributed by atoms with Crippen molar-refractivity contribution in [1.29, 1.82) is 0 Å². The van der Waals surface area contributed by atoms with Gasteiger partial charge in [0.2, 0.25) is 11.8 Å². The number of hydrogen-bond donors (Lipinski definition) is 1. The first kappa shape index (κ1) is 22.2. The Bertz CT molecular complexity index is 799. The Labute approximate surface area is 189 Å². The van der Waals surface area contributed by atoms with Crippen LogP contribution < -0.4 is 10.2 Å². The molecule has 1 atom stereocenters. The van der Waals surface area contributed by atoms with E-state index in [4.69, 9.17) is 0 Å². The van der Waals surface area contributed by atoms with Gasteiger partial charge in [0.15, 0.2) is 5.25 Å². The molecule has 0 radical (unpaired) electrons. The van der Waals surface area contributed by atoms with Gasteiger partial charge < -0.3 is 15.1 Å². The van der Waals surface area contributed by atoms with E-state index in [2.05, 4.69) is 5.32 Å². The number of amides is 3. The van der Waals surface area contributed by atoms with E-state index < -0.39 is 5.25 Å². The number of nitrogens with one attached hydrogen (secondary N) is 1. The van der Waals surface area contributed by atoms with E-state index >= 15 is 0 Å². The monoisotopic (exact) mass is 443 g/mol. The van der Waals surface area contributed by atoms with Crippen LogP contribution in [-0.4, -0.2) is 53.5 Å². The third-order valence-corrected chi connectivity index (χ3v) is 7.79. The summed E-state index contributed by atoms with van der Waals surface area (Å²) in [5.41, 5.74) is 0.730. The second kappa shape index (κ2) is 10.5. The van der Waals surface area contributed by atoms with E-state index in [1.54, 1.807) is 0 Å². The molecule has 1 saturated carbocycles. The zero-order chi connectivity index (χ0) is 21.6. The third-order valence-electron chi connectivity index (χ3n) is 6.56. The van der Waals surface area contributed by atoms with Crippen LogP contribution in [0.4, 0.5) is 5.69 Å². The van der Waals surface area contributed by atoms with E-state index in [1.807, 2.05) is 29.2 Å². The Hall–Kier alpha value is -2.02. The summed E-state index contributed by atoms with van der Waals surface area (Å²) in [5, 5.41) is 2.33. The van der Waals surface area contributed by atoms with Crippen LogP contribution >= 0.6 is 11.8 Å². The van der Waals surface area contributed by atoms with Crippen molar-refractivity contribution < 1.29 is 14.4 Å². The maximum Gasteiger partial charge on any atom is 0.250 e. The minimum absolute atomic E-state index is 0.0311. The van der Waals surface area contributed by atoms with Gasteiger partial charge >= 0.3 is 0 Å². The van der Waals surface area contributed by atoms with Crippen molar-refractivity contribution in [3.8, 4) is 0 Å². The quantitative estimate of drug-likeness (QED) is 0.569. The van der Waals surface area contributed by atoms with Crippen LogP contribution in [0.1, 0.15) is 64.2 Å². The number of benzene rings is 1. The largest absolute Gasteiger partial charge is 0.352 e. The molecule has 0 unspecified atom stereocenters. The van der Waals surface area contributed by atoms with E-state index in [0.29, 0.717) is 13.1 Å². The summed E-state index contributed by atoms with van der Waals surface area (Å²) in [4.78, 5) is 43.8. The number of para-hydroxylation sites is 1. The van der Waals surface area contributed by atoms with Gasteiger partial charge in [0.25, 0.3) is 5.91 Å². The van der Waals surface area contributed by atoms with Gasteiger partial charge in [-0.15, -0.1) is 11.8 Å². The number of fused-ring (bicyclic) bond motifs is 1. The van der Waals surface area contributed by atoms with E-state index in [9.17, 15) is 14.4 Å². The van der Waals surface area contributed by atoms with Gasteiger partial charge in [-0.2, -0.15) is 0 Å². The predicted octanol–water partition coefficient (Wildman–Crippen LogP) is 3.74. The molecule has 4 rings (SSSR count). The topological polar surface area (TPSA) is 69.7 Å². The first-order valence-electron chi connectivity index (χ1n) is 11.8. The zero-order valence-corrected chi connectivity index (χ0v) is 19.0. The molecule has 3 amide bonds. The summed E-state index contributed by atoms with van der Waals surface area (Å²) >= 11 is 1.33. The Morgan fingerprint density at radius 1 is 0.935 bits per heavy atom. The van der Waals surface area contributed by atoms with Crippen molar-refractivity contribution in [2.75, 3.05) is 24.5 Å². The highest BCUT2D eigenvalue weighted by Crippen LogP contribution is 2.39. The number of nitrogens with zero attached hydrogens (tertiary/aromatic N) is 2. The highest BCUT2D eigenvalue weighted by Gasteiger charge is 2.40. The van der Waals surface area contributed by atoms with E-state index in [1.165, 1.54) is 29.5 Å². The molecule has 2 aliphatic heterocycles. The number of carbonyl (C=O) groups is 3. The van der Waals surface area contributed by atoms with Crippen LogP contribution in [0.2, 0.25) is 0 Å². The fourth-order valence-electron chi connectivity index (χ4n) is 4.83. The van der Waals surface area contributed by atoms with Crippen molar-refractivity contribution in [1.82, 2.24) is 10.2 Å². The van der Waals surface area contributed by atoms with Gasteiger partial charge in [-0.25, -0.2) is 0 Å². The first-order valence-corrected chi connectivity index (χ1v) is 12.7. The molecule has 0 spiro atoms. The third kappa shape index (κ3) is 5.43. The molecule has 7 heteroatoms. The SMILES string of the molecule is O=C(CN1C(=O)[C@H](C(=O)N2CCCCCC2)Sc2ccccc21)NC1CCCCCC1. The Morgan fingerprint density at radius 2 is 1.58 bits per heavy atom. The zero-order valence-electron chi connectivity index (χ0n) is 18.2. The molecule has 0 bridgehead atoms. The molecule has 1 saturated heterocycles. The molecular weight excluding hydrogens is 410 g/mol. The maximum absolute atomic E-state index is 13.4. The number of carbonyl (C=O) groups excluding carboxylic acids is 3. The second-order valence-corrected chi connectivity index (χ2v) is 10.0. The fourth-order valence-corrected chi connectivity index (χ4v) is 6.02. The number of anilines is 1.